The van der Waals surface area contributed by atoms with E-state index in [-0.39, 0.29) is 5.41 Å². The van der Waals surface area contributed by atoms with Crippen molar-refractivity contribution in [3.8, 4) is 11.5 Å². The Morgan fingerprint density at radius 3 is 2.70 bits per heavy atom. The lowest BCUT2D eigenvalue weighted by atomic mass is 9.93. The number of fused-ring (bicyclic) bond motifs is 1. The molecule has 0 atom stereocenters. The van der Waals surface area contributed by atoms with E-state index in [1.165, 1.54) is 5.56 Å². The van der Waals surface area contributed by atoms with Crippen molar-refractivity contribution in [1.29, 1.82) is 0 Å². The van der Waals surface area contributed by atoms with Crippen LogP contribution < -0.4 is 14.8 Å². The van der Waals surface area contributed by atoms with Gasteiger partial charge in [0.2, 0.25) is 0 Å². The van der Waals surface area contributed by atoms with Crippen molar-refractivity contribution >= 4 is 0 Å². The number of benzene rings is 1. The van der Waals surface area contributed by atoms with E-state index in [1.54, 1.807) is 0 Å². The summed E-state index contributed by atoms with van der Waals surface area (Å²) < 4.78 is 11.3. The lowest BCUT2D eigenvalue weighted by molar-refractivity contribution is 0.169. The minimum Gasteiger partial charge on any atom is -0.486 e. The van der Waals surface area contributed by atoms with Crippen LogP contribution in [0.25, 0.3) is 0 Å². The van der Waals surface area contributed by atoms with Crippen molar-refractivity contribution < 1.29 is 9.47 Å². The molecule has 4 nitrogen and oxygen atoms in total. The Balaban J connectivity index is 1.91. The Bertz CT molecular complexity index is 444. The molecule has 1 N–H and O–H groups in total. The zero-order chi connectivity index (χ0) is 14.6. The first-order valence-corrected chi connectivity index (χ1v) is 7.21. The lowest BCUT2D eigenvalue weighted by Crippen LogP contribution is -2.37. The summed E-state index contributed by atoms with van der Waals surface area (Å²) in [6.07, 6.45) is 0. The van der Waals surface area contributed by atoms with E-state index in [0.29, 0.717) is 13.2 Å². The van der Waals surface area contributed by atoms with Gasteiger partial charge in [-0.3, -0.25) is 0 Å². The number of para-hydroxylation sites is 1. The minimum absolute atomic E-state index is 0.246. The minimum atomic E-state index is 0.246. The van der Waals surface area contributed by atoms with Gasteiger partial charge in [-0.15, -0.1) is 0 Å². The maximum atomic E-state index is 5.73. The van der Waals surface area contributed by atoms with E-state index in [1.807, 2.05) is 12.1 Å². The summed E-state index contributed by atoms with van der Waals surface area (Å²) in [6.45, 7) is 8.67. The molecule has 112 valence electrons. The van der Waals surface area contributed by atoms with E-state index in [0.717, 1.165) is 31.1 Å². The molecule has 1 aliphatic rings. The molecule has 1 aromatic rings. The molecule has 1 aromatic carbocycles. The number of rotatable bonds is 6. The Labute approximate surface area is 122 Å². The Hall–Kier alpha value is -1.26. The molecule has 0 radical (unpaired) electrons. The van der Waals surface area contributed by atoms with Crippen LogP contribution in [0.3, 0.4) is 0 Å². The van der Waals surface area contributed by atoms with Crippen LogP contribution in [0.15, 0.2) is 18.2 Å². The fourth-order valence-electron chi connectivity index (χ4n) is 2.72. The molecule has 0 aromatic heterocycles. The van der Waals surface area contributed by atoms with E-state index < -0.39 is 0 Å². The van der Waals surface area contributed by atoms with Crippen LogP contribution in [0.5, 0.6) is 11.5 Å². The van der Waals surface area contributed by atoms with Crippen LogP contribution in [0.1, 0.15) is 19.4 Å². The van der Waals surface area contributed by atoms with Gasteiger partial charge in [-0.2, -0.15) is 0 Å². The van der Waals surface area contributed by atoms with Crippen LogP contribution >= 0.6 is 0 Å². The summed E-state index contributed by atoms with van der Waals surface area (Å²) in [5.74, 6) is 1.76. The van der Waals surface area contributed by atoms with Gasteiger partial charge < -0.3 is 19.7 Å². The Kier molecular flexibility index (Phi) is 4.89. The molecule has 0 spiro atoms. The lowest BCUT2D eigenvalue weighted by Gasteiger charge is -2.29. The maximum Gasteiger partial charge on any atom is 0.165 e. The van der Waals surface area contributed by atoms with Crippen LogP contribution in [0, 0.1) is 5.41 Å². The number of nitrogens with one attached hydrogen (secondary N) is 1. The Morgan fingerprint density at radius 2 is 1.95 bits per heavy atom. The van der Waals surface area contributed by atoms with Gasteiger partial charge in [0.25, 0.3) is 0 Å². The third-order valence-electron chi connectivity index (χ3n) is 3.31. The highest BCUT2D eigenvalue weighted by Crippen LogP contribution is 2.33. The van der Waals surface area contributed by atoms with E-state index in [9.17, 15) is 0 Å². The molecule has 1 heterocycles. The highest BCUT2D eigenvalue weighted by Gasteiger charge is 2.19. The topological polar surface area (TPSA) is 33.7 Å². The predicted molar refractivity (Wildman–Crippen MR) is 81.5 cm³/mol. The average molecular weight is 278 g/mol. The molecule has 0 bridgehead atoms. The fourth-order valence-corrected chi connectivity index (χ4v) is 2.72. The molecule has 0 aliphatic carbocycles. The van der Waals surface area contributed by atoms with Gasteiger partial charge in [0.05, 0.1) is 0 Å². The summed E-state index contributed by atoms with van der Waals surface area (Å²) in [5, 5.41) is 3.54. The maximum absolute atomic E-state index is 5.73. The van der Waals surface area contributed by atoms with Gasteiger partial charge in [0, 0.05) is 25.2 Å². The molecule has 4 heteroatoms. The Morgan fingerprint density at radius 1 is 1.20 bits per heavy atom. The number of hydrogen-bond acceptors (Lipinski definition) is 4. The van der Waals surface area contributed by atoms with E-state index in [4.69, 9.17) is 9.47 Å². The second-order valence-corrected chi connectivity index (χ2v) is 6.45. The fraction of sp³-hybridized carbons (Fsp3) is 0.625. The number of ether oxygens (including phenoxy) is 2. The van der Waals surface area contributed by atoms with Crippen LogP contribution in [0.2, 0.25) is 0 Å². The van der Waals surface area contributed by atoms with Crippen molar-refractivity contribution in [2.24, 2.45) is 5.41 Å². The monoisotopic (exact) mass is 278 g/mol. The van der Waals surface area contributed by atoms with Crippen molar-refractivity contribution in [2.45, 2.75) is 20.4 Å². The van der Waals surface area contributed by atoms with Gasteiger partial charge in [-0.05, 0) is 25.6 Å². The molecule has 0 saturated carbocycles. The van der Waals surface area contributed by atoms with Gasteiger partial charge in [-0.1, -0.05) is 26.0 Å². The van der Waals surface area contributed by atoms with Gasteiger partial charge in [0.1, 0.15) is 13.2 Å². The second kappa shape index (κ2) is 6.46. The largest absolute Gasteiger partial charge is 0.486 e. The van der Waals surface area contributed by atoms with Gasteiger partial charge >= 0.3 is 0 Å². The zero-order valence-corrected chi connectivity index (χ0v) is 13.0. The highest BCUT2D eigenvalue weighted by atomic mass is 16.6. The molecular weight excluding hydrogens is 252 g/mol. The van der Waals surface area contributed by atoms with Crippen LogP contribution in [-0.4, -0.2) is 45.3 Å². The molecule has 1 aliphatic heterocycles. The standard InChI is InChI=1S/C16H26N2O2/c1-16(2,12-18(3)4)11-17-10-13-6-5-7-14-15(13)20-9-8-19-14/h5-7,17H,8-12H2,1-4H3. The van der Waals surface area contributed by atoms with Crippen LogP contribution in [-0.2, 0) is 6.54 Å². The first-order chi connectivity index (χ1) is 9.48. The quantitative estimate of drug-likeness (QED) is 0.864. The van der Waals surface area contributed by atoms with E-state index in [2.05, 4.69) is 44.2 Å². The van der Waals surface area contributed by atoms with Gasteiger partial charge in [-0.25, -0.2) is 0 Å². The smallest absolute Gasteiger partial charge is 0.165 e. The first kappa shape index (κ1) is 15.1. The molecule has 0 fully saturated rings. The third-order valence-corrected chi connectivity index (χ3v) is 3.31. The second-order valence-electron chi connectivity index (χ2n) is 6.45. The highest BCUT2D eigenvalue weighted by molar-refractivity contribution is 5.47. The summed E-state index contributed by atoms with van der Waals surface area (Å²) in [5.41, 5.74) is 1.42. The molecule has 0 amide bonds. The molecule has 20 heavy (non-hydrogen) atoms. The number of nitrogens with zero attached hydrogens (tertiary/aromatic N) is 1. The van der Waals surface area contributed by atoms with Crippen molar-refractivity contribution in [2.75, 3.05) is 40.4 Å². The van der Waals surface area contributed by atoms with Crippen molar-refractivity contribution in [1.82, 2.24) is 10.2 Å². The van der Waals surface area contributed by atoms with Gasteiger partial charge in [0.15, 0.2) is 11.5 Å². The first-order valence-electron chi connectivity index (χ1n) is 7.21. The summed E-state index contributed by atoms with van der Waals surface area (Å²) in [4.78, 5) is 2.23. The third kappa shape index (κ3) is 4.12. The van der Waals surface area contributed by atoms with Crippen molar-refractivity contribution in [3.63, 3.8) is 0 Å². The molecule has 0 unspecified atom stereocenters. The molecule has 2 rings (SSSR count). The van der Waals surface area contributed by atoms with E-state index >= 15 is 0 Å². The SMILES string of the molecule is CN(C)CC(C)(C)CNCc1cccc2c1OCCO2. The average Bonchev–Trinajstić information content (AvgIpc) is 2.37. The van der Waals surface area contributed by atoms with Crippen molar-refractivity contribution in [3.05, 3.63) is 23.8 Å². The van der Waals surface area contributed by atoms with Crippen LogP contribution in [0.4, 0.5) is 0 Å². The zero-order valence-electron chi connectivity index (χ0n) is 13.0. The summed E-state index contributed by atoms with van der Waals surface area (Å²) >= 11 is 0. The molecule has 0 saturated heterocycles. The predicted octanol–water partition coefficient (Wildman–Crippen LogP) is 2.14. The summed E-state index contributed by atoms with van der Waals surface area (Å²) in [7, 11) is 4.22. The number of hydrogen-bond donors (Lipinski definition) is 1. The molecular formula is C16H26N2O2. The summed E-state index contributed by atoms with van der Waals surface area (Å²) in [6, 6.07) is 6.09. The normalized spacial score (nSPS) is 14.7.